The molecule has 1 aromatic heterocycles. The van der Waals surface area contributed by atoms with Crippen LogP contribution >= 0.6 is 11.3 Å². The zero-order valence-corrected chi connectivity index (χ0v) is 34.9. The third-order valence-electron chi connectivity index (χ3n) is 12.9. The van der Waals surface area contributed by atoms with Gasteiger partial charge in [0, 0.05) is 48.4 Å². The van der Waals surface area contributed by atoms with Gasteiger partial charge in [-0.3, -0.25) is 0 Å². The lowest BCUT2D eigenvalue weighted by Gasteiger charge is -2.27. The third-order valence-corrected chi connectivity index (χ3v) is 14.0. The van der Waals surface area contributed by atoms with Gasteiger partial charge >= 0.3 is 0 Å². The number of fused-ring (bicyclic) bond motifs is 19. The van der Waals surface area contributed by atoms with Gasteiger partial charge in [-0.05, 0) is 126 Å². The number of anilines is 3. The first-order valence-electron chi connectivity index (χ1n) is 21.5. The smallest absolute Gasteiger partial charge is 0.135 e. The minimum atomic E-state index is 0.839. The minimum absolute atomic E-state index is 0.839. The molecule has 0 amide bonds. The molecule has 11 aromatic carbocycles. The highest BCUT2D eigenvalue weighted by molar-refractivity contribution is 7.26. The Labute approximate surface area is 368 Å². The fourth-order valence-corrected chi connectivity index (χ4v) is 11.2. The summed E-state index contributed by atoms with van der Waals surface area (Å²) in [5.74, 6) is 1.70. The van der Waals surface area contributed by atoms with E-state index in [-0.39, 0.29) is 0 Å². The van der Waals surface area contributed by atoms with E-state index in [0.29, 0.717) is 0 Å². The monoisotopic (exact) mass is 819 g/mol. The van der Waals surface area contributed by atoms with Crippen LogP contribution in [0.4, 0.5) is 17.1 Å². The van der Waals surface area contributed by atoms with E-state index in [0.717, 1.165) is 50.8 Å². The lowest BCUT2D eigenvalue weighted by molar-refractivity contribution is 0.488. The van der Waals surface area contributed by atoms with Crippen LogP contribution in [0.5, 0.6) is 11.5 Å². The molecule has 0 saturated carbocycles. The highest BCUT2D eigenvalue weighted by Gasteiger charge is 2.23. The van der Waals surface area contributed by atoms with Crippen LogP contribution in [0.25, 0.3) is 96.3 Å². The largest absolute Gasteiger partial charge is 0.456 e. The molecule has 0 unspecified atom stereocenters. The van der Waals surface area contributed by atoms with E-state index < -0.39 is 0 Å². The van der Waals surface area contributed by atoms with Crippen molar-refractivity contribution in [1.82, 2.24) is 0 Å². The van der Waals surface area contributed by atoms with Crippen molar-refractivity contribution in [1.29, 1.82) is 0 Å². The van der Waals surface area contributed by atoms with Crippen molar-refractivity contribution in [2.24, 2.45) is 0 Å². The first-order valence-corrected chi connectivity index (χ1v) is 22.3. The second-order valence-corrected chi connectivity index (χ2v) is 17.4. The van der Waals surface area contributed by atoms with Gasteiger partial charge in [-0.1, -0.05) is 164 Å². The highest BCUT2D eigenvalue weighted by Crippen LogP contribution is 2.50. The van der Waals surface area contributed by atoms with E-state index in [2.05, 4.69) is 223 Å². The molecule has 0 N–H and O–H groups in total. The van der Waals surface area contributed by atoms with Crippen LogP contribution in [-0.4, -0.2) is 0 Å². The molecule has 0 radical (unpaired) electrons. The summed E-state index contributed by atoms with van der Waals surface area (Å²) in [4.78, 5) is 2.40. The minimum Gasteiger partial charge on any atom is -0.456 e. The van der Waals surface area contributed by atoms with Crippen LogP contribution in [-0.2, 0) is 0 Å². The van der Waals surface area contributed by atoms with Gasteiger partial charge in [0.05, 0.1) is 0 Å². The van der Waals surface area contributed by atoms with Crippen molar-refractivity contribution in [3.63, 3.8) is 0 Å². The summed E-state index contributed by atoms with van der Waals surface area (Å²) in [5, 5.41) is 14.8. The maximum Gasteiger partial charge on any atom is 0.135 e. The average molecular weight is 820 g/mol. The molecule has 1 aliphatic heterocycles. The highest BCUT2D eigenvalue weighted by atomic mass is 32.1. The second-order valence-electron chi connectivity index (χ2n) is 16.3. The van der Waals surface area contributed by atoms with Crippen LogP contribution < -0.4 is 9.64 Å². The van der Waals surface area contributed by atoms with E-state index in [1.807, 2.05) is 17.4 Å². The Kier molecular flexibility index (Phi) is 8.12. The zero-order chi connectivity index (χ0) is 41.4. The molecule has 294 valence electrons. The van der Waals surface area contributed by atoms with E-state index in [1.165, 1.54) is 74.0 Å². The first-order chi connectivity index (χ1) is 31.3. The summed E-state index contributed by atoms with van der Waals surface area (Å²) in [6.07, 6.45) is 0. The fourth-order valence-electron chi connectivity index (χ4n) is 10.1. The fraction of sp³-hybridized carbons (Fsp3) is 0. The molecular formula is C60H37NOS. The molecule has 1 aliphatic rings. The summed E-state index contributed by atoms with van der Waals surface area (Å²) in [6, 6.07) is 82.0. The van der Waals surface area contributed by atoms with E-state index in [4.69, 9.17) is 4.74 Å². The second kappa shape index (κ2) is 14.3. The summed E-state index contributed by atoms with van der Waals surface area (Å²) < 4.78 is 9.30. The third kappa shape index (κ3) is 5.64. The van der Waals surface area contributed by atoms with Crippen LogP contribution in [0.1, 0.15) is 0 Å². The number of hydrogen-bond acceptors (Lipinski definition) is 3. The molecular weight excluding hydrogens is 783 g/mol. The van der Waals surface area contributed by atoms with E-state index >= 15 is 0 Å². The Morgan fingerprint density at radius 1 is 0.270 bits per heavy atom. The summed E-state index contributed by atoms with van der Waals surface area (Å²) in [5.41, 5.74) is 7.64. The molecule has 0 spiro atoms. The van der Waals surface area contributed by atoms with Gasteiger partial charge in [-0.2, -0.15) is 0 Å². The van der Waals surface area contributed by atoms with Crippen LogP contribution in [0.2, 0.25) is 0 Å². The number of thiophene rings is 1. The Bertz CT molecular complexity index is 3900. The quantitative estimate of drug-likeness (QED) is 0.176. The molecule has 0 fully saturated rings. The van der Waals surface area contributed by atoms with Crippen molar-refractivity contribution in [3.8, 4) is 33.8 Å². The molecule has 13 rings (SSSR count). The van der Waals surface area contributed by atoms with E-state index in [1.54, 1.807) is 0 Å². The zero-order valence-electron chi connectivity index (χ0n) is 34.1. The summed E-state index contributed by atoms with van der Waals surface area (Å²) in [6.45, 7) is 0. The SMILES string of the molecule is c1ccc(N(c2ccc3c(c2)-c2ccccc2-c2ccccc2O3)c2ccc3c4ccccc4c4ccccc4c4ccccc4c4c(ccc5sc6ccccc6c54)c3c2)cc1. The van der Waals surface area contributed by atoms with Gasteiger partial charge in [0.25, 0.3) is 0 Å². The van der Waals surface area contributed by atoms with E-state index in [9.17, 15) is 0 Å². The van der Waals surface area contributed by atoms with Gasteiger partial charge in [-0.15, -0.1) is 11.3 Å². The van der Waals surface area contributed by atoms with Crippen LogP contribution in [0.3, 0.4) is 0 Å². The van der Waals surface area contributed by atoms with Gasteiger partial charge in [0.1, 0.15) is 11.5 Å². The maximum absolute atomic E-state index is 6.72. The van der Waals surface area contributed by atoms with Gasteiger partial charge in [-0.25, -0.2) is 0 Å². The van der Waals surface area contributed by atoms with Crippen molar-refractivity contribution in [2.75, 3.05) is 4.90 Å². The topological polar surface area (TPSA) is 12.5 Å². The van der Waals surface area contributed by atoms with Crippen LogP contribution in [0.15, 0.2) is 224 Å². The van der Waals surface area contributed by atoms with Crippen molar-refractivity contribution < 1.29 is 4.74 Å². The number of rotatable bonds is 3. The Morgan fingerprint density at radius 2 is 0.746 bits per heavy atom. The molecule has 0 atom stereocenters. The number of benzene rings is 10. The molecule has 0 aliphatic carbocycles. The van der Waals surface area contributed by atoms with Crippen molar-refractivity contribution in [2.45, 2.75) is 0 Å². The number of ether oxygens (including phenoxy) is 1. The van der Waals surface area contributed by atoms with Crippen LogP contribution in [0, 0.1) is 0 Å². The Hall–Kier alpha value is -7.98. The average Bonchev–Trinajstić information content (AvgIpc) is 3.67. The normalized spacial score (nSPS) is 11.9. The summed E-state index contributed by atoms with van der Waals surface area (Å²) >= 11 is 1.87. The predicted molar refractivity (Wildman–Crippen MR) is 270 cm³/mol. The lowest BCUT2D eigenvalue weighted by atomic mass is 9.92. The predicted octanol–water partition coefficient (Wildman–Crippen LogP) is 17.9. The van der Waals surface area contributed by atoms with Gasteiger partial charge < -0.3 is 9.64 Å². The first kappa shape index (κ1) is 35.7. The van der Waals surface area contributed by atoms with Gasteiger partial charge in [0.15, 0.2) is 0 Å². The van der Waals surface area contributed by atoms with Crippen molar-refractivity contribution in [3.05, 3.63) is 224 Å². The Morgan fingerprint density at radius 3 is 1.46 bits per heavy atom. The number of para-hydroxylation sites is 2. The number of hydrogen-bond donors (Lipinski definition) is 0. The molecule has 0 saturated heterocycles. The molecule has 2 heterocycles. The molecule has 2 nitrogen and oxygen atoms in total. The standard InChI is InChI=1S/C60H37NOS/c1-2-16-38(17-3-1)61(40-31-34-56-54(37-40)47-24-9-8-22-45(47)49-25-12-14-28-55(49)62-56)39-30-32-48-44-21-7-5-19-42(44)41-18-4-6-20-43(41)46-23-10-11-26-50(46)59-51(53(48)36-39)33-35-58-60(59)52-27-13-15-29-57(52)63-58/h1-37H. The molecule has 63 heavy (non-hydrogen) atoms. The van der Waals surface area contributed by atoms with Crippen molar-refractivity contribution >= 4 is 102 Å². The van der Waals surface area contributed by atoms with Gasteiger partial charge in [0.2, 0.25) is 0 Å². The number of nitrogens with zero attached hydrogens (tertiary/aromatic N) is 1. The molecule has 0 bridgehead atoms. The summed E-state index contributed by atoms with van der Waals surface area (Å²) in [7, 11) is 0. The molecule has 3 heteroatoms. The maximum atomic E-state index is 6.72. The Balaban J connectivity index is 1.18. The lowest BCUT2D eigenvalue weighted by Crippen LogP contribution is -2.10. The molecule has 12 aromatic rings.